The topological polar surface area (TPSA) is 88.2 Å². The van der Waals surface area contributed by atoms with Crippen molar-refractivity contribution < 1.29 is 23.9 Å². The zero-order chi connectivity index (χ0) is 27.4. The van der Waals surface area contributed by atoms with E-state index in [0.717, 1.165) is 32.5 Å². The SMILES string of the molecule is CCCN1CCC(c2ccc(C(=O)NC(CC(C)(C)C)C(=O)N3C[C@H](OCC)[C@H]4OCC(=O)[C@H]43)cc2)CC1. The highest BCUT2D eigenvalue weighted by Gasteiger charge is 2.53. The average molecular weight is 528 g/mol. The number of piperidine rings is 1. The summed E-state index contributed by atoms with van der Waals surface area (Å²) in [4.78, 5) is 43.8. The Balaban J connectivity index is 1.44. The zero-order valence-corrected chi connectivity index (χ0v) is 23.7. The van der Waals surface area contributed by atoms with Crippen LogP contribution < -0.4 is 5.32 Å². The number of carbonyl (C=O) groups excluding carboxylic acids is 3. The van der Waals surface area contributed by atoms with Crippen LogP contribution in [0.1, 0.15) is 82.1 Å². The lowest BCUT2D eigenvalue weighted by atomic mass is 9.87. The van der Waals surface area contributed by atoms with Crippen LogP contribution in [0.5, 0.6) is 0 Å². The van der Waals surface area contributed by atoms with Crippen LogP contribution in [-0.4, -0.2) is 91.1 Å². The van der Waals surface area contributed by atoms with Crippen molar-refractivity contribution in [2.75, 3.05) is 39.4 Å². The first-order valence-corrected chi connectivity index (χ1v) is 14.3. The number of fused-ring (bicyclic) bond motifs is 1. The third-order valence-corrected chi connectivity index (χ3v) is 7.99. The molecule has 3 heterocycles. The fourth-order valence-electron chi connectivity index (χ4n) is 6.17. The number of carbonyl (C=O) groups is 3. The van der Waals surface area contributed by atoms with Crippen molar-refractivity contribution >= 4 is 17.6 Å². The number of benzene rings is 1. The van der Waals surface area contributed by atoms with Crippen molar-refractivity contribution in [1.82, 2.24) is 15.1 Å². The Labute approximate surface area is 227 Å². The van der Waals surface area contributed by atoms with E-state index in [-0.39, 0.29) is 42.3 Å². The van der Waals surface area contributed by atoms with Gasteiger partial charge in [0.2, 0.25) is 5.91 Å². The summed E-state index contributed by atoms with van der Waals surface area (Å²) < 4.78 is 11.5. The summed E-state index contributed by atoms with van der Waals surface area (Å²) in [7, 11) is 0. The van der Waals surface area contributed by atoms with E-state index < -0.39 is 18.2 Å². The molecule has 0 radical (unpaired) electrons. The second-order valence-corrected chi connectivity index (χ2v) is 12.2. The lowest BCUT2D eigenvalue weighted by Crippen LogP contribution is -2.53. The van der Waals surface area contributed by atoms with E-state index in [0.29, 0.717) is 24.5 Å². The van der Waals surface area contributed by atoms with Gasteiger partial charge >= 0.3 is 0 Å². The number of hydrogen-bond donors (Lipinski definition) is 1. The summed E-state index contributed by atoms with van der Waals surface area (Å²) in [6.45, 7) is 14.4. The Morgan fingerprint density at radius 2 is 1.82 bits per heavy atom. The number of rotatable bonds is 9. The molecular weight excluding hydrogens is 482 g/mol. The smallest absolute Gasteiger partial charge is 0.251 e. The second-order valence-electron chi connectivity index (χ2n) is 12.2. The molecule has 3 saturated heterocycles. The van der Waals surface area contributed by atoms with E-state index in [1.165, 1.54) is 12.0 Å². The maximum atomic E-state index is 13.8. The van der Waals surface area contributed by atoms with Crippen molar-refractivity contribution in [3.05, 3.63) is 35.4 Å². The maximum absolute atomic E-state index is 13.8. The van der Waals surface area contributed by atoms with Gasteiger partial charge in [-0.25, -0.2) is 0 Å². The Morgan fingerprint density at radius 1 is 1.13 bits per heavy atom. The molecule has 4 rings (SSSR count). The number of likely N-dealkylation sites (tertiary alicyclic amines) is 2. The molecule has 3 aliphatic heterocycles. The summed E-state index contributed by atoms with van der Waals surface area (Å²) >= 11 is 0. The van der Waals surface area contributed by atoms with Crippen molar-refractivity contribution in [3.63, 3.8) is 0 Å². The van der Waals surface area contributed by atoms with Crippen LogP contribution in [0.25, 0.3) is 0 Å². The summed E-state index contributed by atoms with van der Waals surface area (Å²) in [6, 6.07) is 6.45. The predicted molar refractivity (Wildman–Crippen MR) is 146 cm³/mol. The monoisotopic (exact) mass is 527 g/mol. The number of Topliss-reactive ketones (excluding diaryl/α,β-unsaturated/α-hetero) is 1. The van der Waals surface area contributed by atoms with Crippen LogP contribution in [0.2, 0.25) is 0 Å². The molecule has 1 unspecified atom stereocenters. The molecule has 0 aliphatic carbocycles. The van der Waals surface area contributed by atoms with E-state index >= 15 is 0 Å². The number of ether oxygens (including phenoxy) is 2. The van der Waals surface area contributed by atoms with Crippen LogP contribution in [0.4, 0.5) is 0 Å². The molecule has 0 bridgehead atoms. The Kier molecular flexibility index (Phi) is 9.27. The summed E-state index contributed by atoms with van der Waals surface area (Å²) in [5, 5.41) is 3.00. The number of ketones is 1. The van der Waals surface area contributed by atoms with Gasteiger partial charge in [-0.3, -0.25) is 14.4 Å². The minimum absolute atomic E-state index is 0.0110. The van der Waals surface area contributed by atoms with E-state index in [2.05, 4.69) is 29.3 Å². The van der Waals surface area contributed by atoms with E-state index in [1.807, 2.05) is 39.8 Å². The molecule has 8 heteroatoms. The third kappa shape index (κ3) is 6.64. The second kappa shape index (κ2) is 12.3. The van der Waals surface area contributed by atoms with Gasteiger partial charge in [0, 0.05) is 12.2 Å². The minimum atomic E-state index is -0.750. The molecule has 8 nitrogen and oxygen atoms in total. The number of nitrogens with zero attached hydrogens (tertiary/aromatic N) is 2. The molecule has 0 aromatic heterocycles. The Morgan fingerprint density at radius 3 is 2.42 bits per heavy atom. The highest BCUT2D eigenvalue weighted by molar-refractivity contribution is 5.99. The molecule has 0 spiro atoms. The summed E-state index contributed by atoms with van der Waals surface area (Å²) in [6.07, 6.45) is 3.12. The standard InChI is InChI=1S/C30H45N3O5/c1-6-14-32-15-12-21(13-16-32)20-8-10-22(11-9-20)28(35)31-23(17-30(3,4)5)29(36)33-18-25(37-7-2)27-26(33)24(34)19-38-27/h8-11,21,23,25-27H,6-7,12-19H2,1-5H3,(H,31,35)/t23?,25-,26+,27+/m0/s1. The van der Waals surface area contributed by atoms with Gasteiger partial charge in [0.15, 0.2) is 5.78 Å². The van der Waals surface area contributed by atoms with Crippen LogP contribution in [0.3, 0.4) is 0 Å². The first kappa shape index (κ1) is 28.7. The molecule has 1 aromatic rings. The van der Waals surface area contributed by atoms with Gasteiger partial charge in [-0.05, 0) is 81.3 Å². The van der Waals surface area contributed by atoms with Crippen LogP contribution in [0.15, 0.2) is 24.3 Å². The first-order valence-electron chi connectivity index (χ1n) is 14.3. The molecule has 210 valence electrons. The van der Waals surface area contributed by atoms with Gasteiger partial charge in [-0.15, -0.1) is 0 Å². The fourth-order valence-corrected chi connectivity index (χ4v) is 6.17. The highest BCUT2D eigenvalue weighted by atomic mass is 16.6. The lowest BCUT2D eigenvalue weighted by Gasteiger charge is -2.32. The Hall–Kier alpha value is -2.29. The molecule has 1 aromatic carbocycles. The van der Waals surface area contributed by atoms with E-state index in [9.17, 15) is 14.4 Å². The Bertz CT molecular complexity index is 981. The molecule has 3 fully saturated rings. The van der Waals surface area contributed by atoms with Crippen molar-refractivity contribution in [2.24, 2.45) is 5.41 Å². The van der Waals surface area contributed by atoms with Crippen LogP contribution in [-0.2, 0) is 19.1 Å². The van der Waals surface area contributed by atoms with Crippen molar-refractivity contribution in [3.8, 4) is 0 Å². The fraction of sp³-hybridized carbons (Fsp3) is 0.700. The number of nitrogens with one attached hydrogen (secondary N) is 1. The summed E-state index contributed by atoms with van der Waals surface area (Å²) in [5.41, 5.74) is 1.60. The number of amides is 2. The third-order valence-electron chi connectivity index (χ3n) is 7.99. The van der Waals surface area contributed by atoms with Crippen LogP contribution in [0, 0.1) is 5.41 Å². The van der Waals surface area contributed by atoms with Gasteiger partial charge in [0.25, 0.3) is 5.91 Å². The molecular formula is C30H45N3O5. The van der Waals surface area contributed by atoms with Gasteiger partial charge in [-0.1, -0.05) is 39.8 Å². The van der Waals surface area contributed by atoms with Gasteiger partial charge in [0.1, 0.15) is 30.9 Å². The van der Waals surface area contributed by atoms with Gasteiger partial charge < -0.3 is 24.6 Å². The molecule has 3 aliphatic rings. The lowest BCUT2D eigenvalue weighted by molar-refractivity contribution is -0.139. The molecule has 0 saturated carbocycles. The minimum Gasteiger partial charge on any atom is -0.374 e. The molecule has 1 N–H and O–H groups in total. The van der Waals surface area contributed by atoms with Gasteiger partial charge in [-0.2, -0.15) is 0 Å². The maximum Gasteiger partial charge on any atom is 0.251 e. The van der Waals surface area contributed by atoms with Crippen molar-refractivity contribution in [1.29, 1.82) is 0 Å². The molecule has 4 atom stereocenters. The van der Waals surface area contributed by atoms with Crippen LogP contribution >= 0.6 is 0 Å². The number of hydrogen-bond acceptors (Lipinski definition) is 6. The largest absolute Gasteiger partial charge is 0.374 e. The predicted octanol–water partition coefficient (Wildman–Crippen LogP) is 3.39. The first-order chi connectivity index (χ1) is 18.1. The van der Waals surface area contributed by atoms with E-state index in [4.69, 9.17) is 9.47 Å². The molecule has 2 amide bonds. The molecule has 38 heavy (non-hydrogen) atoms. The van der Waals surface area contributed by atoms with Gasteiger partial charge in [0.05, 0.1) is 6.54 Å². The highest BCUT2D eigenvalue weighted by Crippen LogP contribution is 2.32. The average Bonchev–Trinajstić information content (AvgIpc) is 3.44. The zero-order valence-electron chi connectivity index (χ0n) is 23.7. The van der Waals surface area contributed by atoms with E-state index in [1.54, 1.807) is 4.90 Å². The summed E-state index contributed by atoms with van der Waals surface area (Å²) in [5.74, 6) is -0.117. The quantitative estimate of drug-likeness (QED) is 0.530. The normalized spacial score (nSPS) is 25.4. The van der Waals surface area contributed by atoms with Crippen molar-refractivity contribution in [2.45, 2.75) is 90.5 Å².